The van der Waals surface area contributed by atoms with E-state index in [4.69, 9.17) is 4.74 Å². The van der Waals surface area contributed by atoms with E-state index in [2.05, 4.69) is 5.32 Å². The molecule has 0 saturated heterocycles. The van der Waals surface area contributed by atoms with Gasteiger partial charge in [0.25, 0.3) is 0 Å². The molecule has 0 aliphatic rings. The van der Waals surface area contributed by atoms with Crippen LogP contribution in [0.15, 0.2) is 24.3 Å². The lowest BCUT2D eigenvalue weighted by Gasteiger charge is -2.23. The molecule has 19 heavy (non-hydrogen) atoms. The average molecular weight is 265 g/mol. The van der Waals surface area contributed by atoms with Crippen molar-refractivity contribution in [1.82, 2.24) is 5.32 Å². The molecule has 2 unspecified atom stereocenters. The molecule has 0 aliphatic carbocycles. The van der Waals surface area contributed by atoms with Crippen molar-refractivity contribution in [1.29, 1.82) is 0 Å². The Kier molecular flexibility index (Phi) is 5.83. The second-order valence-electron chi connectivity index (χ2n) is 4.95. The van der Waals surface area contributed by atoms with Gasteiger partial charge < -0.3 is 9.84 Å². The van der Waals surface area contributed by atoms with Crippen LogP contribution in [0.4, 0.5) is 0 Å². The van der Waals surface area contributed by atoms with Crippen LogP contribution in [0.2, 0.25) is 0 Å². The van der Waals surface area contributed by atoms with Gasteiger partial charge in [-0.1, -0.05) is 26.0 Å². The number of carboxylic acid groups (broad SMARTS) is 1. The fourth-order valence-corrected chi connectivity index (χ4v) is 1.93. The molecule has 1 rings (SSSR count). The molecule has 0 bridgehead atoms. The highest BCUT2D eigenvalue weighted by Gasteiger charge is 2.23. The van der Waals surface area contributed by atoms with Crippen LogP contribution >= 0.6 is 0 Å². The molecule has 0 radical (unpaired) electrons. The Hall–Kier alpha value is -1.55. The predicted octanol–water partition coefficient (Wildman–Crippen LogP) is 2.85. The van der Waals surface area contributed by atoms with Gasteiger partial charge in [0, 0.05) is 6.04 Å². The molecular formula is C15H23NO3. The monoisotopic (exact) mass is 265 g/mol. The van der Waals surface area contributed by atoms with Gasteiger partial charge >= 0.3 is 5.97 Å². The maximum absolute atomic E-state index is 11.2. The highest BCUT2D eigenvalue weighted by molar-refractivity contribution is 5.73. The van der Waals surface area contributed by atoms with E-state index in [-0.39, 0.29) is 12.0 Å². The summed E-state index contributed by atoms with van der Waals surface area (Å²) in [6.07, 6.45) is 0. The topological polar surface area (TPSA) is 58.6 Å². The number of rotatable bonds is 7. The summed E-state index contributed by atoms with van der Waals surface area (Å²) in [7, 11) is 0. The van der Waals surface area contributed by atoms with Gasteiger partial charge in [-0.3, -0.25) is 10.1 Å². The van der Waals surface area contributed by atoms with E-state index in [0.29, 0.717) is 6.61 Å². The highest BCUT2D eigenvalue weighted by atomic mass is 16.5. The molecule has 1 aromatic rings. The van der Waals surface area contributed by atoms with Crippen LogP contribution in [0.1, 0.15) is 39.3 Å². The summed E-state index contributed by atoms with van der Waals surface area (Å²) >= 11 is 0. The van der Waals surface area contributed by atoms with Crippen LogP contribution in [0, 0.1) is 5.92 Å². The first kappa shape index (κ1) is 15.5. The Morgan fingerprint density at radius 3 is 2.26 bits per heavy atom. The lowest BCUT2D eigenvalue weighted by Crippen LogP contribution is -2.42. The van der Waals surface area contributed by atoms with Crippen molar-refractivity contribution in [2.24, 2.45) is 5.92 Å². The molecule has 4 nitrogen and oxygen atoms in total. The fraction of sp³-hybridized carbons (Fsp3) is 0.533. The number of ether oxygens (including phenoxy) is 1. The summed E-state index contributed by atoms with van der Waals surface area (Å²) in [4.78, 5) is 11.2. The van der Waals surface area contributed by atoms with E-state index in [1.165, 1.54) is 0 Å². The number of hydrogen-bond donors (Lipinski definition) is 2. The Bertz CT molecular complexity index is 400. The zero-order valence-corrected chi connectivity index (χ0v) is 12.0. The first-order valence-electron chi connectivity index (χ1n) is 6.67. The lowest BCUT2D eigenvalue weighted by molar-refractivity contribution is -0.140. The summed E-state index contributed by atoms with van der Waals surface area (Å²) in [5.74, 6) is 0.0625. The van der Waals surface area contributed by atoms with Crippen molar-refractivity contribution in [2.45, 2.75) is 39.8 Å². The third-order valence-electron chi connectivity index (χ3n) is 3.05. The van der Waals surface area contributed by atoms with E-state index in [1.807, 2.05) is 52.0 Å². The van der Waals surface area contributed by atoms with Gasteiger partial charge in [-0.15, -0.1) is 0 Å². The van der Waals surface area contributed by atoms with Gasteiger partial charge in [0.1, 0.15) is 11.8 Å². The van der Waals surface area contributed by atoms with E-state index in [1.54, 1.807) is 0 Å². The third kappa shape index (κ3) is 4.56. The summed E-state index contributed by atoms with van der Waals surface area (Å²) in [5, 5.41) is 12.3. The van der Waals surface area contributed by atoms with Gasteiger partial charge in [-0.25, -0.2) is 0 Å². The number of carboxylic acids is 1. The molecule has 106 valence electrons. The largest absolute Gasteiger partial charge is 0.494 e. The fourth-order valence-electron chi connectivity index (χ4n) is 1.93. The maximum Gasteiger partial charge on any atom is 0.320 e. The number of benzene rings is 1. The molecule has 1 aromatic carbocycles. The lowest BCUT2D eigenvalue weighted by atomic mass is 10.0. The number of aliphatic carboxylic acids is 1. The van der Waals surface area contributed by atoms with Gasteiger partial charge in [-0.2, -0.15) is 0 Å². The van der Waals surface area contributed by atoms with Crippen LogP contribution in [-0.4, -0.2) is 23.7 Å². The molecule has 0 aromatic heterocycles. The van der Waals surface area contributed by atoms with Crippen LogP contribution in [0.5, 0.6) is 5.75 Å². The van der Waals surface area contributed by atoms with E-state index < -0.39 is 12.0 Å². The second-order valence-corrected chi connectivity index (χ2v) is 4.95. The van der Waals surface area contributed by atoms with Gasteiger partial charge in [0.2, 0.25) is 0 Å². The molecule has 4 heteroatoms. The summed E-state index contributed by atoms with van der Waals surface area (Å²) < 4.78 is 5.38. The molecule has 0 heterocycles. The Morgan fingerprint density at radius 1 is 1.26 bits per heavy atom. The molecule has 0 aliphatic heterocycles. The van der Waals surface area contributed by atoms with Crippen LogP contribution in [-0.2, 0) is 4.79 Å². The first-order chi connectivity index (χ1) is 8.95. The number of carbonyl (C=O) groups is 1. The Balaban J connectivity index is 2.71. The zero-order chi connectivity index (χ0) is 14.4. The standard InChI is InChI=1S/C15H23NO3/c1-5-19-13-8-6-12(7-9-13)11(4)16-14(10(2)3)15(17)18/h6-11,14,16H,5H2,1-4H3,(H,17,18). The zero-order valence-electron chi connectivity index (χ0n) is 12.0. The predicted molar refractivity (Wildman–Crippen MR) is 75.4 cm³/mol. The molecule has 2 atom stereocenters. The molecule has 0 saturated carbocycles. The van der Waals surface area contributed by atoms with Crippen molar-refractivity contribution in [3.63, 3.8) is 0 Å². The summed E-state index contributed by atoms with van der Waals surface area (Å²) in [6.45, 7) is 8.35. The van der Waals surface area contributed by atoms with Crippen molar-refractivity contribution < 1.29 is 14.6 Å². The SMILES string of the molecule is CCOc1ccc(C(C)NC(C(=O)O)C(C)C)cc1. The quantitative estimate of drug-likeness (QED) is 0.796. The summed E-state index contributed by atoms with van der Waals surface area (Å²) in [6, 6.07) is 7.18. The average Bonchev–Trinajstić information content (AvgIpc) is 2.36. The normalized spacial score (nSPS) is 14.2. The highest BCUT2D eigenvalue weighted by Crippen LogP contribution is 2.19. The maximum atomic E-state index is 11.2. The summed E-state index contributed by atoms with van der Waals surface area (Å²) in [5.41, 5.74) is 1.05. The van der Waals surface area contributed by atoms with Gasteiger partial charge in [0.05, 0.1) is 6.61 Å². The van der Waals surface area contributed by atoms with Gasteiger partial charge in [0.15, 0.2) is 0 Å². The second kappa shape index (κ2) is 7.14. The number of nitrogens with one attached hydrogen (secondary N) is 1. The number of hydrogen-bond acceptors (Lipinski definition) is 3. The molecule has 0 fully saturated rings. The molecule has 0 amide bonds. The van der Waals surface area contributed by atoms with Crippen LogP contribution in [0.25, 0.3) is 0 Å². The molecular weight excluding hydrogens is 242 g/mol. The van der Waals surface area contributed by atoms with E-state index >= 15 is 0 Å². The van der Waals surface area contributed by atoms with E-state index in [0.717, 1.165) is 11.3 Å². The first-order valence-corrected chi connectivity index (χ1v) is 6.67. The Morgan fingerprint density at radius 2 is 1.84 bits per heavy atom. The third-order valence-corrected chi connectivity index (χ3v) is 3.05. The van der Waals surface area contributed by atoms with Crippen molar-refractivity contribution in [2.75, 3.05) is 6.61 Å². The minimum Gasteiger partial charge on any atom is -0.494 e. The van der Waals surface area contributed by atoms with Crippen LogP contribution < -0.4 is 10.1 Å². The van der Waals surface area contributed by atoms with Crippen molar-refractivity contribution >= 4 is 5.97 Å². The van der Waals surface area contributed by atoms with Gasteiger partial charge in [-0.05, 0) is 37.5 Å². The molecule has 2 N–H and O–H groups in total. The van der Waals surface area contributed by atoms with E-state index in [9.17, 15) is 9.90 Å². The minimum atomic E-state index is -0.812. The molecule has 0 spiro atoms. The Labute approximate surface area is 114 Å². The smallest absolute Gasteiger partial charge is 0.320 e. The minimum absolute atomic E-state index is 0.0147. The van der Waals surface area contributed by atoms with Crippen molar-refractivity contribution in [3.8, 4) is 5.75 Å². The van der Waals surface area contributed by atoms with Crippen LogP contribution in [0.3, 0.4) is 0 Å². The van der Waals surface area contributed by atoms with Crippen molar-refractivity contribution in [3.05, 3.63) is 29.8 Å².